The summed E-state index contributed by atoms with van der Waals surface area (Å²) >= 11 is 0. The summed E-state index contributed by atoms with van der Waals surface area (Å²) in [5.41, 5.74) is -0.405. The second-order valence-corrected chi connectivity index (χ2v) is 20.1. The number of fused-ring (bicyclic) bond motifs is 5. The van der Waals surface area contributed by atoms with E-state index in [1.807, 2.05) is 6.92 Å². The largest absolute Gasteiger partial charge is 0.394 e. The van der Waals surface area contributed by atoms with E-state index in [0.29, 0.717) is 19.3 Å². The van der Waals surface area contributed by atoms with Gasteiger partial charge < -0.3 is 64.9 Å². The van der Waals surface area contributed by atoms with Crippen LogP contribution in [0.5, 0.6) is 0 Å². The van der Waals surface area contributed by atoms with Crippen LogP contribution in [0.3, 0.4) is 0 Å². The Bertz CT molecular complexity index is 1370. The predicted octanol–water partition coefficient (Wildman–Crippen LogP) is 2.15. The first-order chi connectivity index (χ1) is 25.6. The van der Waals surface area contributed by atoms with E-state index < -0.39 is 97.8 Å². The first-order valence-electron chi connectivity index (χ1n) is 20.9. The van der Waals surface area contributed by atoms with E-state index in [4.69, 9.17) is 18.9 Å². The lowest BCUT2D eigenvalue weighted by Crippen LogP contribution is -2.68. The summed E-state index contributed by atoms with van der Waals surface area (Å²) in [6.07, 6.45) is -6.48. The molecule has 2 aliphatic heterocycles. The molecule has 0 spiro atoms. The van der Waals surface area contributed by atoms with Gasteiger partial charge >= 0.3 is 0 Å². The van der Waals surface area contributed by atoms with Gasteiger partial charge in [0, 0.05) is 0 Å². The molecule has 0 aromatic rings. The van der Waals surface area contributed by atoms with Gasteiger partial charge in [-0.3, -0.25) is 0 Å². The molecule has 6 rings (SSSR count). The molecule has 9 N–H and O–H groups in total. The Morgan fingerprint density at radius 3 is 1.95 bits per heavy atom. The highest BCUT2D eigenvalue weighted by Crippen LogP contribution is 2.76. The lowest BCUT2D eigenvalue weighted by atomic mass is 9.35. The monoisotopic (exact) mass is 784 g/mol. The zero-order valence-electron chi connectivity index (χ0n) is 34.3. The molecular weight excluding hydrogens is 712 g/mol. The highest BCUT2D eigenvalue weighted by molar-refractivity contribution is 5.20. The fourth-order valence-corrected chi connectivity index (χ4v) is 13.3. The molecule has 13 nitrogen and oxygen atoms in total. The maximum atomic E-state index is 12.2. The Morgan fingerprint density at radius 2 is 1.33 bits per heavy atom. The van der Waals surface area contributed by atoms with Crippen LogP contribution in [0.25, 0.3) is 0 Å². The first kappa shape index (κ1) is 43.8. The number of allylic oxidation sites excluding steroid dienone is 2. The van der Waals surface area contributed by atoms with Gasteiger partial charge in [-0.25, -0.2) is 0 Å². The fraction of sp³-hybridized carbons (Fsp3) is 0.952. The van der Waals surface area contributed by atoms with Crippen molar-refractivity contribution in [2.75, 3.05) is 13.2 Å². The van der Waals surface area contributed by atoms with E-state index in [9.17, 15) is 46.0 Å². The molecule has 6 fully saturated rings. The van der Waals surface area contributed by atoms with Gasteiger partial charge in [-0.1, -0.05) is 46.3 Å². The molecule has 55 heavy (non-hydrogen) atoms. The summed E-state index contributed by atoms with van der Waals surface area (Å²) in [6, 6.07) is 0. The Labute approximate surface area is 327 Å². The Balaban J connectivity index is 1.23. The Hall–Kier alpha value is -0.780. The Kier molecular flexibility index (Phi) is 12.5. The van der Waals surface area contributed by atoms with Crippen LogP contribution in [0.1, 0.15) is 113 Å². The summed E-state index contributed by atoms with van der Waals surface area (Å²) in [4.78, 5) is 0. The SMILES string of the molecule is CC(C)=CCC[C@](C)(O)C1CC[C@]2(C)C1[C@H](O)C[C@@H]1[C@@]3(C)CC[C@H](O[C@@H]4O[C@H](CO)[C@@H](O)[C@H](O)[C@H]4O[C@@H]4O[C@H](CO)[C@@H](O)[C@H](O)[C@H]4O)C(C)(C)[C@@H]3CC[C@]12C. The zero-order chi connectivity index (χ0) is 40.6. The van der Waals surface area contributed by atoms with Crippen LogP contribution in [0.15, 0.2) is 11.6 Å². The minimum Gasteiger partial charge on any atom is -0.394 e. The number of rotatable bonds is 10. The van der Waals surface area contributed by atoms with Crippen molar-refractivity contribution in [3.63, 3.8) is 0 Å². The van der Waals surface area contributed by atoms with Crippen LogP contribution in [0.4, 0.5) is 0 Å². The van der Waals surface area contributed by atoms with Crippen molar-refractivity contribution in [3.05, 3.63) is 11.6 Å². The van der Waals surface area contributed by atoms with Crippen molar-refractivity contribution in [1.29, 1.82) is 0 Å². The van der Waals surface area contributed by atoms with Crippen LogP contribution in [0, 0.1) is 45.3 Å². The fourth-order valence-electron chi connectivity index (χ4n) is 13.3. The smallest absolute Gasteiger partial charge is 0.187 e. The van der Waals surface area contributed by atoms with Crippen molar-refractivity contribution in [1.82, 2.24) is 0 Å². The zero-order valence-corrected chi connectivity index (χ0v) is 34.3. The number of hydrogen-bond donors (Lipinski definition) is 9. The number of aliphatic hydroxyl groups is 9. The molecule has 2 saturated heterocycles. The van der Waals surface area contributed by atoms with Gasteiger partial charge in [0.2, 0.25) is 0 Å². The van der Waals surface area contributed by atoms with Gasteiger partial charge in [-0.2, -0.15) is 0 Å². The molecule has 4 saturated carbocycles. The van der Waals surface area contributed by atoms with Crippen molar-refractivity contribution in [2.24, 2.45) is 45.3 Å². The van der Waals surface area contributed by atoms with Crippen molar-refractivity contribution in [2.45, 2.75) is 192 Å². The number of ether oxygens (including phenoxy) is 4. The summed E-state index contributed by atoms with van der Waals surface area (Å²) in [5.74, 6) is 0.445. The van der Waals surface area contributed by atoms with Gasteiger partial charge in [0.15, 0.2) is 12.6 Å². The van der Waals surface area contributed by atoms with E-state index in [0.717, 1.165) is 38.5 Å². The number of aliphatic hydroxyl groups excluding tert-OH is 8. The quantitative estimate of drug-likeness (QED) is 0.115. The van der Waals surface area contributed by atoms with E-state index in [1.165, 1.54) is 5.57 Å². The van der Waals surface area contributed by atoms with Crippen LogP contribution in [-0.2, 0) is 18.9 Å². The average molecular weight is 785 g/mol. The van der Waals surface area contributed by atoms with E-state index in [1.54, 1.807) is 0 Å². The molecule has 4 aliphatic carbocycles. The molecule has 13 heteroatoms. The third-order valence-corrected chi connectivity index (χ3v) is 16.6. The summed E-state index contributed by atoms with van der Waals surface area (Å²) in [6.45, 7) is 16.5. The lowest BCUT2D eigenvalue weighted by Gasteiger charge is -2.70. The molecule has 20 atom stereocenters. The molecule has 6 aliphatic rings. The minimum absolute atomic E-state index is 0.00798. The van der Waals surface area contributed by atoms with Crippen LogP contribution < -0.4 is 0 Å². The second kappa shape index (κ2) is 15.7. The normalized spacial score (nSPS) is 52.0. The van der Waals surface area contributed by atoms with Crippen molar-refractivity contribution in [3.8, 4) is 0 Å². The molecule has 2 heterocycles. The standard InChI is InChI=1S/C42H72O13/c1-21(2)10-9-14-42(8,51)22-11-16-41(7)29(22)23(45)18-27-39(5)15-13-28(38(3,4)26(39)12-17-40(27,41)6)54-37-35(33(49)31(47)25(20-44)53-37)55-36-34(50)32(48)30(46)24(19-43)52-36/h10,22-37,43-51H,9,11-20H2,1-8H3/t22?,23-,24-,25-,26+,27-,28+,29?,30-,31-,32+,33+,34-,35-,36+,37+,39+,40-,41-,42+/m1/s1. The lowest BCUT2D eigenvalue weighted by molar-refractivity contribution is -0.378. The van der Waals surface area contributed by atoms with Crippen molar-refractivity contribution < 1.29 is 64.9 Å². The highest BCUT2D eigenvalue weighted by Gasteiger charge is 2.71. The maximum absolute atomic E-state index is 12.2. The molecule has 0 aromatic heterocycles. The summed E-state index contributed by atoms with van der Waals surface area (Å²) < 4.78 is 24.4. The van der Waals surface area contributed by atoms with Gasteiger partial charge in [-0.15, -0.1) is 0 Å². The van der Waals surface area contributed by atoms with Gasteiger partial charge in [0.25, 0.3) is 0 Å². The average Bonchev–Trinajstić information content (AvgIpc) is 3.50. The highest BCUT2D eigenvalue weighted by atomic mass is 16.8. The van der Waals surface area contributed by atoms with Gasteiger partial charge in [-0.05, 0) is 124 Å². The first-order valence-corrected chi connectivity index (χ1v) is 20.9. The molecule has 0 radical (unpaired) electrons. The van der Waals surface area contributed by atoms with E-state index >= 15 is 0 Å². The maximum Gasteiger partial charge on any atom is 0.187 e. The summed E-state index contributed by atoms with van der Waals surface area (Å²) in [5, 5.41) is 97.4. The van der Waals surface area contributed by atoms with E-state index in [2.05, 4.69) is 54.5 Å². The molecule has 0 amide bonds. The molecule has 0 bridgehead atoms. The molecule has 0 aromatic carbocycles. The third-order valence-electron chi connectivity index (χ3n) is 16.6. The third kappa shape index (κ3) is 7.20. The predicted molar refractivity (Wildman–Crippen MR) is 201 cm³/mol. The number of hydrogen-bond acceptors (Lipinski definition) is 13. The van der Waals surface area contributed by atoms with Gasteiger partial charge in [0.1, 0.15) is 48.8 Å². The Morgan fingerprint density at radius 1 is 0.727 bits per heavy atom. The molecule has 2 unspecified atom stereocenters. The summed E-state index contributed by atoms with van der Waals surface area (Å²) in [7, 11) is 0. The van der Waals surface area contributed by atoms with Crippen molar-refractivity contribution >= 4 is 0 Å². The van der Waals surface area contributed by atoms with Crippen LogP contribution >= 0.6 is 0 Å². The topological polar surface area (TPSA) is 219 Å². The minimum atomic E-state index is -1.75. The molecular formula is C42H72O13. The van der Waals surface area contributed by atoms with E-state index in [-0.39, 0.29) is 39.9 Å². The van der Waals surface area contributed by atoms with Gasteiger partial charge in [0.05, 0.1) is 31.0 Å². The van der Waals surface area contributed by atoms with Crippen LogP contribution in [0.2, 0.25) is 0 Å². The van der Waals surface area contributed by atoms with Crippen LogP contribution in [-0.4, -0.2) is 138 Å². The molecule has 318 valence electrons. The second-order valence-electron chi connectivity index (χ2n) is 20.1.